The maximum atomic E-state index is 11.6. The number of thiocarbonyl (C=S) groups is 1. The lowest BCUT2D eigenvalue weighted by atomic mass is 10.0. The van der Waals surface area contributed by atoms with E-state index in [1.54, 1.807) is 0 Å². The van der Waals surface area contributed by atoms with Crippen LogP contribution in [0.15, 0.2) is 0 Å². The molecule has 0 spiro atoms. The molecule has 1 fully saturated rings. The van der Waals surface area contributed by atoms with Crippen molar-refractivity contribution in [2.45, 2.75) is 51.7 Å². The normalized spacial score (nSPS) is 25.2. The van der Waals surface area contributed by atoms with Gasteiger partial charge < -0.3 is 15.8 Å². The number of carbonyl (C=O) groups is 1. The van der Waals surface area contributed by atoms with Crippen LogP contribution in [0.2, 0.25) is 0 Å². The van der Waals surface area contributed by atoms with E-state index in [4.69, 9.17) is 22.7 Å². The third-order valence-corrected chi connectivity index (χ3v) is 2.89. The van der Waals surface area contributed by atoms with E-state index in [-0.39, 0.29) is 18.1 Å². The molecule has 5 heteroatoms. The first-order valence-corrected chi connectivity index (χ1v) is 5.99. The topological polar surface area (TPSA) is 64.3 Å². The van der Waals surface area contributed by atoms with Crippen LogP contribution in [0.25, 0.3) is 0 Å². The summed E-state index contributed by atoms with van der Waals surface area (Å²) in [6.45, 7) is 5.52. The molecule has 0 bridgehead atoms. The summed E-state index contributed by atoms with van der Waals surface area (Å²) >= 11 is 4.98. The van der Waals surface area contributed by atoms with Crippen molar-refractivity contribution in [3.8, 4) is 0 Å². The maximum absolute atomic E-state index is 11.6. The Kier molecular flexibility index (Phi) is 4.13. The molecular weight excluding hydrogens is 224 g/mol. The monoisotopic (exact) mass is 244 g/mol. The molecule has 2 unspecified atom stereocenters. The highest BCUT2D eigenvalue weighted by Gasteiger charge is 2.31. The number of amides is 1. The zero-order valence-electron chi connectivity index (χ0n) is 10.1. The molecule has 4 nitrogen and oxygen atoms in total. The standard InChI is InChI=1S/C11H20N2O2S/c1-11(2,3)15-10(14)13-8-6-4-5-7(8)9(12)16/h7-8H,4-6H2,1-3H3,(H2,12,16)(H,13,14). The molecule has 0 saturated heterocycles. The highest BCUT2D eigenvalue weighted by Crippen LogP contribution is 2.26. The fourth-order valence-electron chi connectivity index (χ4n) is 1.93. The second-order valence-corrected chi connectivity index (χ2v) is 5.66. The van der Waals surface area contributed by atoms with Crippen LogP contribution in [0.4, 0.5) is 4.79 Å². The number of carbonyl (C=O) groups excluding carboxylic acids is 1. The van der Waals surface area contributed by atoms with Gasteiger partial charge in [-0.25, -0.2) is 4.79 Å². The number of nitrogens with two attached hydrogens (primary N) is 1. The van der Waals surface area contributed by atoms with E-state index in [1.165, 1.54) is 0 Å². The van der Waals surface area contributed by atoms with Crippen molar-refractivity contribution < 1.29 is 9.53 Å². The molecule has 0 radical (unpaired) electrons. The molecule has 1 aliphatic carbocycles. The van der Waals surface area contributed by atoms with Crippen LogP contribution in [0.3, 0.4) is 0 Å². The number of rotatable bonds is 2. The highest BCUT2D eigenvalue weighted by atomic mass is 32.1. The van der Waals surface area contributed by atoms with Crippen LogP contribution in [-0.2, 0) is 4.74 Å². The molecule has 92 valence electrons. The Morgan fingerprint density at radius 3 is 2.56 bits per heavy atom. The van der Waals surface area contributed by atoms with Gasteiger partial charge in [-0.3, -0.25) is 0 Å². The van der Waals surface area contributed by atoms with Crippen molar-refractivity contribution in [2.75, 3.05) is 0 Å². The molecule has 1 rings (SSSR count). The Bertz CT molecular complexity index is 286. The van der Waals surface area contributed by atoms with E-state index in [0.29, 0.717) is 4.99 Å². The van der Waals surface area contributed by atoms with Crippen LogP contribution < -0.4 is 11.1 Å². The summed E-state index contributed by atoms with van der Waals surface area (Å²) in [7, 11) is 0. The van der Waals surface area contributed by atoms with Gasteiger partial charge in [-0.2, -0.15) is 0 Å². The predicted octanol–water partition coefficient (Wildman–Crippen LogP) is 1.97. The SMILES string of the molecule is CC(C)(C)OC(=O)NC1CCCC1C(N)=S. The second-order valence-electron chi connectivity index (χ2n) is 5.19. The number of hydrogen-bond acceptors (Lipinski definition) is 3. The number of hydrogen-bond donors (Lipinski definition) is 2. The quantitative estimate of drug-likeness (QED) is 0.729. The lowest BCUT2D eigenvalue weighted by Crippen LogP contribution is -2.43. The third-order valence-electron chi connectivity index (χ3n) is 2.58. The van der Waals surface area contributed by atoms with E-state index in [9.17, 15) is 4.79 Å². The van der Waals surface area contributed by atoms with Gasteiger partial charge in [0, 0.05) is 12.0 Å². The lowest BCUT2D eigenvalue weighted by Gasteiger charge is -2.24. The molecular formula is C11H20N2O2S. The average Bonchev–Trinajstić information content (AvgIpc) is 2.47. The minimum atomic E-state index is -0.471. The zero-order valence-corrected chi connectivity index (χ0v) is 10.9. The third kappa shape index (κ3) is 3.96. The Morgan fingerprint density at radius 2 is 2.06 bits per heavy atom. The molecule has 0 aliphatic heterocycles. The highest BCUT2D eigenvalue weighted by molar-refractivity contribution is 7.80. The second kappa shape index (κ2) is 4.99. The summed E-state index contributed by atoms with van der Waals surface area (Å²) in [6, 6.07) is 0.0346. The smallest absolute Gasteiger partial charge is 0.407 e. The van der Waals surface area contributed by atoms with Gasteiger partial charge in [0.25, 0.3) is 0 Å². The summed E-state index contributed by atoms with van der Waals surface area (Å²) in [4.78, 5) is 12.1. The van der Waals surface area contributed by atoms with E-state index in [1.807, 2.05) is 20.8 Å². The summed E-state index contributed by atoms with van der Waals surface area (Å²) < 4.78 is 5.19. The average molecular weight is 244 g/mol. The lowest BCUT2D eigenvalue weighted by molar-refractivity contribution is 0.0500. The Morgan fingerprint density at radius 1 is 1.44 bits per heavy atom. The van der Waals surface area contributed by atoms with Gasteiger partial charge in [0.1, 0.15) is 5.60 Å². The van der Waals surface area contributed by atoms with E-state index >= 15 is 0 Å². The number of alkyl carbamates (subject to hydrolysis) is 1. The number of ether oxygens (including phenoxy) is 1. The molecule has 3 N–H and O–H groups in total. The molecule has 0 aromatic rings. The number of nitrogens with one attached hydrogen (secondary N) is 1. The van der Waals surface area contributed by atoms with Gasteiger partial charge in [0.15, 0.2) is 0 Å². The van der Waals surface area contributed by atoms with Crippen LogP contribution in [0, 0.1) is 5.92 Å². The van der Waals surface area contributed by atoms with Crippen molar-refractivity contribution in [3.63, 3.8) is 0 Å². The Balaban J connectivity index is 2.47. The molecule has 1 amide bonds. The van der Waals surface area contributed by atoms with Crippen LogP contribution >= 0.6 is 12.2 Å². The minimum Gasteiger partial charge on any atom is -0.444 e. The van der Waals surface area contributed by atoms with Gasteiger partial charge in [-0.05, 0) is 33.6 Å². The molecule has 0 heterocycles. The summed E-state index contributed by atoms with van der Waals surface area (Å²) in [5.74, 6) is 0.113. The van der Waals surface area contributed by atoms with Gasteiger partial charge >= 0.3 is 6.09 Å². The van der Waals surface area contributed by atoms with Crippen LogP contribution in [0.1, 0.15) is 40.0 Å². The van der Waals surface area contributed by atoms with E-state index < -0.39 is 5.60 Å². The fourth-order valence-corrected chi connectivity index (χ4v) is 2.21. The summed E-state index contributed by atoms with van der Waals surface area (Å²) in [5, 5.41) is 2.84. The largest absolute Gasteiger partial charge is 0.444 e. The van der Waals surface area contributed by atoms with Gasteiger partial charge in [-0.1, -0.05) is 18.6 Å². The van der Waals surface area contributed by atoms with Crippen molar-refractivity contribution in [3.05, 3.63) is 0 Å². The van der Waals surface area contributed by atoms with Crippen molar-refractivity contribution in [1.29, 1.82) is 0 Å². The summed E-state index contributed by atoms with van der Waals surface area (Å²) in [5.41, 5.74) is 5.16. The molecule has 0 aromatic heterocycles. The van der Waals surface area contributed by atoms with E-state index in [0.717, 1.165) is 19.3 Å². The first-order chi connectivity index (χ1) is 7.29. The Hall–Kier alpha value is -0.840. The Labute approximate surface area is 102 Å². The van der Waals surface area contributed by atoms with Gasteiger partial charge in [-0.15, -0.1) is 0 Å². The van der Waals surface area contributed by atoms with Crippen molar-refractivity contribution in [1.82, 2.24) is 5.32 Å². The van der Waals surface area contributed by atoms with E-state index in [2.05, 4.69) is 5.32 Å². The van der Waals surface area contributed by atoms with Crippen LogP contribution in [0.5, 0.6) is 0 Å². The first-order valence-electron chi connectivity index (χ1n) is 5.58. The molecule has 1 aliphatic rings. The molecule has 1 saturated carbocycles. The predicted molar refractivity (Wildman–Crippen MR) is 67.3 cm³/mol. The van der Waals surface area contributed by atoms with Gasteiger partial charge in [0.05, 0.1) is 4.99 Å². The van der Waals surface area contributed by atoms with Crippen LogP contribution in [-0.4, -0.2) is 22.7 Å². The first kappa shape index (κ1) is 13.2. The van der Waals surface area contributed by atoms with Crippen molar-refractivity contribution >= 4 is 23.3 Å². The minimum absolute atomic E-state index is 0.0346. The molecule has 0 aromatic carbocycles. The maximum Gasteiger partial charge on any atom is 0.407 e. The molecule has 16 heavy (non-hydrogen) atoms. The van der Waals surface area contributed by atoms with Gasteiger partial charge in [0.2, 0.25) is 0 Å². The zero-order chi connectivity index (χ0) is 12.3. The van der Waals surface area contributed by atoms with Crippen molar-refractivity contribution in [2.24, 2.45) is 11.7 Å². The molecule has 2 atom stereocenters. The summed E-state index contributed by atoms with van der Waals surface area (Å²) in [6.07, 6.45) is 2.53. The fraction of sp³-hybridized carbons (Fsp3) is 0.818.